The molecule has 2 heterocycles. The van der Waals surface area contributed by atoms with Gasteiger partial charge < -0.3 is 0 Å². The highest BCUT2D eigenvalue weighted by atomic mass is 32.2. The zero-order valence-electron chi connectivity index (χ0n) is 10.4. The van der Waals surface area contributed by atoms with Gasteiger partial charge in [0.2, 0.25) is 0 Å². The number of aromatic nitrogens is 2. The van der Waals surface area contributed by atoms with E-state index in [2.05, 4.69) is 26.8 Å². The standard InChI is InChI=1S/C7H8N2S2.C2H8N2O2S/c1-2-10-6-7-9(5-8-6)3-4-11-7;1-4(2)7(3,5)6/h3-5H,2H2,1H3;1-2H3,(H2,3,5,6). The van der Waals surface area contributed by atoms with Crippen molar-refractivity contribution in [3.8, 4) is 0 Å². The fraction of sp³-hybridized carbons (Fsp3) is 0.444. The summed E-state index contributed by atoms with van der Waals surface area (Å²) in [6.45, 7) is 2.14. The van der Waals surface area contributed by atoms with E-state index < -0.39 is 10.2 Å². The van der Waals surface area contributed by atoms with Crippen LogP contribution in [0.25, 0.3) is 4.83 Å². The molecule has 2 aromatic heterocycles. The first-order valence-corrected chi connectivity index (χ1v) is 8.46. The molecule has 0 spiro atoms. The summed E-state index contributed by atoms with van der Waals surface area (Å²) < 4.78 is 23.1. The number of thioether (sulfide) groups is 1. The lowest BCUT2D eigenvalue weighted by molar-refractivity contribution is 0.522. The van der Waals surface area contributed by atoms with Crippen LogP contribution < -0.4 is 5.14 Å². The van der Waals surface area contributed by atoms with Crippen LogP contribution in [0.1, 0.15) is 6.92 Å². The van der Waals surface area contributed by atoms with Crippen molar-refractivity contribution in [3.63, 3.8) is 0 Å². The number of imidazole rings is 1. The third-order valence-corrected chi connectivity index (χ3v) is 4.80. The number of nitrogens with two attached hydrogens (primary N) is 1. The Hall–Kier alpha value is -0.610. The first kappa shape index (κ1) is 15.4. The summed E-state index contributed by atoms with van der Waals surface area (Å²) in [4.78, 5) is 5.54. The maximum Gasteiger partial charge on any atom is 0.276 e. The van der Waals surface area contributed by atoms with Gasteiger partial charge in [0.15, 0.2) is 0 Å². The zero-order valence-corrected chi connectivity index (χ0v) is 12.8. The molecule has 0 aliphatic heterocycles. The van der Waals surface area contributed by atoms with Crippen LogP contribution >= 0.6 is 23.1 Å². The summed E-state index contributed by atoms with van der Waals surface area (Å²) >= 11 is 3.53. The van der Waals surface area contributed by atoms with Gasteiger partial charge in [0, 0.05) is 25.7 Å². The van der Waals surface area contributed by atoms with E-state index in [1.165, 1.54) is 18.9 Å². The van der Waals surface area contributed by atoms with Crippen LogP contribution in [0.4, 0.5) is 0 Å². The molecular formula is C9H16N4O2S3. The molecule has 0 radical (unpaired) electrons. The number of nitrogens with zero attached hydrogens (tertiary/aromatic N) is 3. The Kier molecular flexibility index (Phi) is 5.60. The van der Waals surface area contributed by atoms with Crippen molar-refractivity contribution < 1.29 is 8.42 Å². The van der Waals surface area contributed by atoms with Crippen LogP contribution in [-0.4, -0.2) is 42.0 Å². The highest BCUT2D eigenvalue weighted by Gasteiger charge is 2.03. The molecule has 0 fully saturated rings. The Bertz CT molecular complexity index is 588. The van der Waals surface area contributed by atoms with E-state index in [-0.39, 0.29) is 0 Å². The SMILES string of the molecule is CCSc1ncn2ccsc12.CN(C)S(N)(=O)=O. The molecule has 9 heteroatoms. The van der Waals surface area contributed by atoms with Crippen molar-refractivity contribution in [1.29, 1.82) is 0 Å². The third kappa shape index (κ3) is 4.25. The lowest BCUT2D eigenvalue weighted by Gasteiger charge is -2.02. The molecule has 0 saturated carbocycles. The molecular weight excluding hydrogens is 292 g/mol. The molecule has 0 saturated heterocycles. The molecule has 0 atom stereocenters. The molecule has 18 heavy (non-hydrogen) atoms. The zero-order chi connectivity index (χ0) is 13.8. The minimum atomic E-state index is -3.41. The fourth-order valence-corrected chi connectivity index (χ4v) is 2.60. The second-order valence-corrected chi connectivity index (χ2v) is 7.33. The van der Waals surface area contributed by atoms with Crippen molar-refractivity contribution in [1.82, 2.24) is 13.7 Å². The molecule has 0 aliphatic rings. The third-order valence-electron chi connectivity index (χ3n) is 1.91. The summed E-state index contributed by atoms with van der Waals surface area (Å²) in [5.41, 5.74) is 0. The molecule has 2 N–H and O–H groups in total. The summed E-state index contributed by atoms with van der Waals surface area (Å²) in [5, 5.41) is 7.81. The maximum absolute atomic E-state index is 10.0. The summed E-state index contributed by atoms with van der Waals surface area (Å²) in [5.74, 6) is 1.09. The van der Waals surface area contributed by atoms with Gasteiger partial charge >= 0.3 is 0 Å². The quantitative estimate of drug-likeness (QED) is 0.866. The predicted molar refractivity (Wildman–Crippen MR) is 76.3 cm³/mol. The largest absolute Gasteiger partial charge is 0.296 e. The van der Waals surface area contributed by atoms with E-state index in [1.807, 2.05) is 12.5 Å². The van der Waals surface area contributed by atoms with Crippen molar-refractivity contribution in [2.24, 2.45) is 5.14 Å². The second kappa shape index (κ2) is 6.53. The van der Waals surface area contributed by atoms with Crippen LogP contribution in [-0.2, 0) is 10.2 Å². The summed E-state index contributed by atoms with van der Waals surface area (Å²) in [6, 6.07) is 0. The predicted octanol–water partition coefficient (Wildman–Crippen LogP) is 1.26. The summed E-state index contributed by atoms with van der Waals surface area (Å²) in [6.07, 6.45) is 3.90. The van der Waals surface area contributed by atoms with Gasteiger partial charge in [0.05, 0.1) is 0 Å². The Morgan fingerprint density at radius 2 is 2.17 bits per heavy atom. The van der Waals surface area contributed by atoms with Crippen LogP contribution in [0.5, 0.6) is 0 Å². The van der Waals surface area contributed by atoms with Gasteiger partial charge in [-0.3, -0.25) is 4.40 Å². The smallest absolute Gasteiger partial charge is 0.276 e. The number of fused-ring (bicyclic) bond motifs is 1. The monoisotopic (exact) mass is 308 g/mol. The van der Waals surface area contributed by atoms with E-state index >= 15 is 0 Å². The fourth-order valence-electron chi connectivity index (χ4n) is 0.946. The van der Waals surface area contributed by atoms with Crippen molar-refractivity contribution in [2.45, 2.75) is 11.9 Å². The van der Waals surface area contributed by atoms with Gasteiger partial charge in [-0.05, 0) is 5.75 Å². The molecule has 0 bridgehead atoms. The van der Waals surface area contributed by atoms with Gasteiger partial charge in [0.25, 0.3) is 10.2 Å². The van der Waals surface area contributed by atoms with Crippen LogP contribution in [0.3, 0.4) is 0 Å². The highest BCUT2D eigenvalue weighted by Crippen LogP contribution is 2.24. The van der Waals surface area contributed by atoms with E-state index in [9.17, 15) is 8.42 Å². The number of rotatable bonds is 3. The first-order valence-electron chi connectivity index (χ1n) is 5.09. The number of hydrogen-bond acceptors (Lipinski definition) is 5. The lowest BCUT2D eigenvalue weighted by Crippen LogP contribution is -2.29. The van der Waals surface area contributed by atoms with E-state index in [0.717, 1.165) is 15.1 Å². The van der Waals surface area contributed by atoms with E-state index in [0.29, 0.717) is 0 Å². The molecule has 0 unspecified atom stereocenters. The van der Waals surface area contributed by atoms with E-state index in [4.69, 9.17) is 0 Å². The van der Waals surface area contributed by atoms with Crippen LogP contribution in [0, 0.1) is 0 Å². The van der Waals surface area contributed by atoms with Gasteiger partial charge in [-0.2, -0.15) is 12.7 Å². The Morgan fingerprint density at radius 1 is 1.56 bits per heavy atom. The molecule has 2 rings (SSSR count). The van der Waals surface area contributed by atoms with Crippen LogP contribution in [0.15, 0.2) is 22.9 Å². The normalized spacial score (nSPS) is 11.6. The number of hydrogen-bond donors (Lipinski definition) is 1. The molecule has 0 aromatic carbocycles. The topological polar surface area (TPSA) is 80.7 Å². The molecule has 0 amide bonds. The first-order chi connectivity index (χ1) is 8.36. The molecule has 2 aromatic rings. The van der Waals surface area contributed by atoms with Crippen molar-refractivity contribution >= 4 is 38.1 Å². The van der Waals surface area contributed by atoms with Crippen LogP contribution in [0.2, 0.25) is 0 Å². The molecule has 6 nitrogen and oxygen atoms in total. The van der Waals surface area contributed by atoms with E-state index in [1.54, 1.807) is 23.1 Å². The Morgan fingerprint density at radius 3 is 2.67 bits per heavy atom. The van der Waals surface area contributed by atoms with Gasteiger partial charge in [-0.15, -0.1) is 23.1 Å². The Labute approximate surface area is 115 Å². The minimum absolute atomic E-state index is 0.938. The average Bonchev–Trinajstić information content (AvgIpc) is 2.82. The highest BCUT2D eigenvalue weighted by molar-refractivity contribution is 7.99. The average molecular weight is 308 g/mol. The lowest BCUT2D eigenvalue weighted by atomic mass is 10.9. The second-order valence-electron chi connectivity index (χ2n) is 3.43. The van der Waals surface area contributed by atoms with Gasteiger partial charge in [-0.1, -0.05) is 6.92 Å². The van der Waals surface area contributed by atoms with Gasteiger partial charge in [-0.25, -0.2) is 10.1 Å². The Balaban J connectivity index is 0.000000203. The number of thiazole rings is 1. The van der Waals surface area contributed by atoms with Gasteiger partial charge in [0.1, 0.15) is 16.2 Å². The van der Waals surface area contributed by atoms with Crippen molar-refractivity contribution in [2.75, 3.05) is 19.8 Å². The minimum Gasteiger partial charge on any atom is -0.296 e. The maximum atomic E-state index is 10.0. The van der Waals surface area contributed by atoms with Crippen molar-refractivity contribution in [3.05, 3.63) is 17.9 Å². The summed E-state index contributed by atoms with van der Waals surface area (Å²) in [7, 11) is -0.667. The molecule has 0 aliphatic carbocycles. The molecule has 102 valence electrons.